The first-order valence-electron chi connectivity index (χ1n) is 13.6. The zero-order chi connectivity index (χ0) is 29.8. The SMILES string of the molecule is C=Cc1ccc(N(C)S(=O)[O-])c(Nc2nc(Nc3cc(Br)c4c(c3OC)CCC(N3CCOCC3)CC4)ncc2Cl)c1. The molecule has 1 aromatic heterocycles. The zero-order valence-corrected chi connectivity index (χ0v) is 26.6. The van der Waals surface area contributed by atoms with Crippen molar-refractivity contribution in [3.8, 4) is 5.75 Å². The van der Waals surface area contributed by atoms with Crippen molar-refractivity contribution >= 4 is 73.7 Å². The lowest BCUT2D eigenvalue weighted by Crippen LogP contribution is -2.43. The molecule has 0 saturated carbocycles. The van der Waals surface area contributed by atoms with E-state index in [0.29, 0.717) is 29.2 Å². The van der Waals surface area contributed by atoms with Crippen LogP contribution in [0.25, 0.3) is 6.08 Å². The summed E-state index contributed by atoms with van der Waals surface area (Å²) in [5.41, 5.74) is 4.89. The molecule has 2 atom stereocenters. The number of fused-ring (bicyclic) bond motifs is 1. The van der Waals surface area contributed by atoms with Gasteiger partial charge < -0.3 is 29.0 Å². The number of nitrogens with zero attached hydrogens (tertiary/aromatic N) is 4. The third-order valence-corrected chi connectivity index (χ3v) is 9.35. The molecular formula is C29H33BrClN6O4S-. The van der Waals surface area contributed by atoms with E-state index in [9.17, 15) is 8.76 Å². The van der Waals surface area contributed by atoms with E-state index >= 15 is 0 Å². The average molecular weight is 677 g/mol. The predicted octanol–water partition coefficient (Wildman–Crippen LogP) is 5.84. The van der Waals surface area contributed by atoms with E-state index < -0.39 is 11.3 Å². The maximum atomic E-state index is 11.7. The number of nitrogens with one attached hydrogen (secondary N) is 2. The normalized spacial score (nSPS) is 18.0. The molecule has 2 unspecified atom stereocenters. The smallest absolute Gasteiger partial charge is 0.229 e. The third-order valence-electron chi connectivity index (χ3n) is 7.73. The van der Waals surface area contributed by atoms with Crippen LogP contribution in [0.4, 0.5) is 28.8 Å². The molecule has 10 nitrogen and oxygen atoms in total. The lowest BCUT2D eigenvalue weighted by atomic mass is 10.0. The first kappa shape index (κ1) is 30.7. The van der Waals surface area contributed by atoms with Crippen LogP contribution >= 0.6 is 27.5 Å². The van der Waals surface area contributed by atoms with Crippen LogP contribution in [0, 0.1) is 0 Å². The number of rotatable bonds is 9. The summed E-state index contributed by atoms with van der Waals surface area (Å²) in [6.07, 6.45) is 7.13. The van der Waals surface area contributed by atoms with E-state index in [0.717, 1.165) is 77.8 Å². The average Bonchev–Trinajstić information content (AvgIpc) is 3.23. The van der Waals surface area contributed by atoms with Crippen LogP contribution in [0.2, 0.25) is 5.02 Å². The Bertz CT molecular complexity index is 1490. The summed E-state index contributed by atoms with van der Waals surface area (Å²) in [4.78, 5) is 11.6. The minimum absolute atomic E-state index is 0.269. The number of methoxy groups -OCH3 is 1. The van der Waals surface area contributed by atoms with Gasteiger partial charge in [0.1, 0.15) is 10.8 Å². The van der Waals surface area contributed by atoms with Crippen LogP contribution in [0.1, 0.15) is 29.5 Å². The fourth-order valence-electron chi connectivity index (χ4n) is 5.56. The van der Waals surface area contributed by atoms with Gasteiger partial charge in [-0.1, -0.05) is 46.3 Å². The summed E-state index contributed by atoms with van der Waals surface area (Å²) in [5.74, 6) is 1.38. The molecule has 1 saturated heterocycles. The van der Waals surface area contributed by atoms with Crippen LogP contribution in [-0.2, 0) is 28.8 Å². The molecule has 1 aliphatic heterocycles. The topological polar surface area (TPSA) is 115 Å². The molecule has 0 radical (unpaired) electrons. The van der Waals surface area contributed by atoms with E-state index in [4.69, 9.17) is 21.1 Å². The van der Waals surface area contributed by atoms with Crippen LogP contribution in [0.15, 0.2) is 41.5 Å². The maximum absolute atomic E-state index is 11.7. The lowest BCUT2D eigenvalue weighted by molar-refractivity contribution is 0.0136. The van der Waals surface area contributed by atoms with Crippen LogP contribution in [-0.4, -0.2) is 70.1 Å². The van der Waals surface area contributed by atoms with E-state index in [2.05, 4.69) is 48.0 Å². The van der Waals surface area contributed by atoms with Gasteiger partial charge in [0.25, 0.3) is 0 Å². The Morgan fingerprint density at radius 2 is 1.95 bits per heavy atom. The van der Waals surface area contributed by atoms with Crippen LogP contribution in [0.3, 0.4) is 0 Å². The van der Waals surface area contributed by atoms with Crippen molar-refractivity contribution in [2.45, 2.75) is 31.7 Å². The molecule has 2 N–H and O–H groups in total. The molecular weight excluding hydrogens is 644 g/mol. The van der Waals surface area contributed by atoms with Gasteiger partial charge in [0.15, 0.2) is 5.82 Å². The number of hydrogen-bond acceptors (Lipinski definition) is 9. The lowest BCUT2D eigenvalue weighted by Gasteiger charge is -2.34. The predicted molar refractivity (Wildman–Crippen MR) is 171 cm³/mol. The molecule has 0 spiro atoms. The van der Waals surface area contributed by atoms with E-state index in [-0.39, 0.29) is 5.02 Å². The molecule has 0 bridgehead atoms. The Balaban J connectivity index is 1.42. The van der Waals surface area contributed by atoms with Gasteiger partial charge in [-0.15, -0.1) is 0 Å². The highest BCUT2D eigenvalue weighted by Crippen LogP contribution is 2.42. The molecule has 3 aromatic rings. The number of halogens is 2. The number of benzene rings is 2. The molecule has 1 fully saturated rings. The van der Waals surface area contributed by atoms with Crippen molar-refractivity contribution in [2.75, 3.05) is 55.4 Å². The summed E-state index contributed by atoms with van der Waals surface area (Å²) in [7, 11) is 3.14. The van der Waals surface area contributed by atoms with Gasteiger partial charge in [-0.05, 0) is 55.0 Å². The first-order valence-corrected chi connectivity index (χ1v) is 15.9. The molecule has 2 aromatic carbocycles. The summed E-state index contributed by atoms with van der Waals surface area (Å²) < 4.78 is 37.0. The second-order valence-electron chi connectivity index (χ2n) is 10.1. The van der Waals surface area contributed by atoms with Crippen molar-refractivity contribution in [1.29, 1.82) is 0 Å². The minimum atomic E-state index is -2.47. The maximum Gasteiger partial charge on any atom is 0.229 e. The molecule has 2 heterocycles. The molecule has 224 valence electrons. The van der Waals surface area contributed by atoms with Gasteiger partial charge in [-0.25, -0.2) is 4.98 Å². The zero-order valence-electron chi connectivity index (χ0n) is 23.5. The van der Waals surface area contributed by atoms with Crippen molar-refractivity contribution in [3.63, 3.8) is 0 Å². The fraction of sp³-hybridized carbons (Fsp3) is 0.379. The Labute approximate surface area is 262 Å². The number of anilines is 5. The quantitative estimate of drug-likeness (QED) is 0.213. The molecule has 0 amide bonds. The van der Waals surface area contributed by atoms with Gasteiger partial charge in [0, 0.05) is 47.5 Å². The molecule has 42 heavy (non-hydrogen) atoms. The standard InChI is InChI=1S/C29H34BrClN6O4S/c1-4-18-5-10-26(36(2)42(38)39)24(15-18)33-28-23(31)17-32-29(35-28)34-25-16-22(30)20-8-6-19(37-11-13-41-14-12-37)7-9-21(20)27(25)40-3/h4-5,10,15-17,19H,1,6-9,11-14H2,2-3H3,(H,38,39)(H2,32,33,34,35)/p-1. The van der Waals surface area contributed by atoms with Gasteiger partial charge in [0.2, 0.25) is 5.95 Å². The van der Waals surface area contributed by atoms with Crippen molar-refractivity contribution < 1.29 is 18.2 Å². The highest BCUT2D eigenvalue weighted by Gasteiger charge is 2.27. The second kappa shape index (κ2) is 13.7. The Morgan fingerprint density at radius 1 is 1.21 bits per heavy atom. The van der Waals surface area contributed by atoms with E-state index in [1.807, 2.05) is 6.07 Å². The van der Waals surface area contributed by atoms with Gasteiger partial charge in [-0.2, -0.15) is 4.98 Å². The fourth-order valence-corrected chi connectivity index (χ4v) is 6.68. The largest absolute Gasteiger partial charge is 0.755 e. The Hall–Kier alpha value is -2.74. The number of morpholine rings is 1. The van der Waals surface area contributed by atoms with Crippen molar-refractivity contribution in [2.24, 2.45) is 0 Å². The summed E-state index contributed by atoms with van der Waals surface area (Å²) >= 11 is 7.81. The van der Waals surface area contributed by atoms with E-state index in [1.54, 1.807) is 31.4 Å². The number of hydrogen-bond donors (Lipinski definition) is 2. The minimum Gasteiger partial charge on any atom is -0.755 e. The third kappa shape index (κ3) is 6.74. The van der Waals surface area contributed by atoms with Crippen LogP contribution in [0.5, 0.6) is 5.75 Å². The first-order chi connectivity index (χ1) is 20.3. The number of aromatic nitrogens is 2. The van der Waals surface area contributed by atoms with Gasteiger partial charge in [-0.3, -0.25) is 9.11 Å². The van der Waals surface area contributed by atoms with Crippen LogP contribution < -0.4 is 19.7 Å². The van der Waals surface area contributed by atoms with E-state index in [1.165, 1.54) is 24.4 Å². The van der Waals surface area contributed by atoms with Gasteiger partial charge in [0.05, 0.1) is 43.6 Å². The molecule has 13 heteroatoms. The highest BCUT2D eigenvalue weighted by atomic mass is 79.9. The number of ether oxygens (including phenoxy) is 2. The van der Waals surface area contributed by atoms with Crippen molar-refractivity contribution in [1.82, 2.24) is 14.9 Å². The summed E-state index contributed by atoms with van der Waals surface area (Å²) in [5, 5.41) is 6.75. The second-order valence-corrected chi connectivity index (χ2v) is 12.4. The monoisotopic (exact) mass is 675 g/mol. The van der Waals surface area contributed by atoms with Crippen molar-refractivity contribution in [3.05, 3.63) is 63.2 Å². The van der Waals surface area contributed by atoms with Gasteiger partial charge >= 0.3 is 0 Å². The Kier molecular flexibility index (Phi) is 10.0. The Morgan fingerprint density at radius 3 is 2.64 bits per heavy atom. The summed E-state index contributed by atoms with van der Waals surface area (Å²) in [6, 6.07) is 7.74. The highest BCUT2D eigenvalue weighted by molar-refractivity contribution is 9.10. The summed E-state index contributed by atoms with van der Waals surface area (Å²) in [6.45, 7) is 7.33. The molecule has 2 aliphatic rings. The molecule has 1 aliphatic carbocycles. The molecule has 5 rings (SSSR count).